The van der Waals surface area contributed by atoms with Gasteiger partial charge in [-0.05, 0) is 31.0 Å². The minimum atomic E-state index is -0.234. The van der Waals surface area contributed by atoms with Gasteiger partial charge in [0, 0.05) is 17.5 Å². The van der Waals surface area contributed by atoms with Crippen molar-refractivity contribution in [1.82, 2.24) is 20.5 Å². The van der Waals surface area contributed by atoms with Crippen LogP contribution in [-0.2, 0) is 6.42 Å². The van der Waals surface area contributed by atoms with Gasteiger partial charge in [0.15, 0.2) is 5.13 Å². The Morgan fingerprint density at radius 3 is 2.96 bits per heavy atom. The van der Waals surface area contributed by atoms with Crippen molar-refractivity contribution >= 4 is 22.4 Å². The van der Waals surface area contributed by atoms with Crippen LogP contribution in [0.25, 0.3) is 11.3 Å². The fourth-order valence-electron chi connectivity index (χ4n) is 2.27. The van der Waals surface area contributed by atoms with Gasteiger partial charge in [0.05, 0.1) is 11.4 Å². The van der Waals surface area contributed by atoms with Crippen LogP contribution in [0.4, 0.5) is 5.13 Å². The van der Waals surface area contributed by atoms with E-state index in [9.17, 15) is 9.90 Å². The zero-order valence-corrected chi connectivity index (χ0v) is 13.6. The summed E-state index contributed by atoms with van der Waals surface area (Å²) < 4.78 is 0. The van der Waals surface area contributed by atoms with Crippen molar-refractivity contribution in [2.45, 2.75) is 12.8 Å². The first kappa shape index (κ1) is 16.0. The van der Waals surface area contributed by atoms with Crippen LogP contribution in [-0.4, -0.2) is 32.7 Å². The number of phenols is 1. The van der Waals surface area contributed by atoms with E-state index in [1.165, 1.54) is 11.3 Å². The normalized spacial score (nSPS) is 10.7. The number of nitrogen functional groups attached to an aromatic ring is 1. The Bertz CT molecular complexity index is 842. The van der Waals surface area contributed by atoms with E-state index in [-0.39, 0.29) is 11.7 Å². The quantitative estimate of drug-likeness (QED) is 0.512. The molecule has 2 heterocycles. The molecule has 0 aliphatic rings. The number of benzene rings is 1. The molecule has 5 N–H and O–H groups in total. The number of nitrogens with two attached hydrogens (primary N) is 1. The number of hydrogen-bond donors (Lipinski definition) is 4. The summed E-state index contributed by atoms with van der Waals surface area (Å²) in [6.07, 6.45) is 1.54. The van der Waals surface area contributed by atoms with Crippen LogP contribution in [0.2, 0.25) is 0 Å². The number of nitrogens with one attached hydrogen (secondary N) is 2. The van der Waals surface area contributed by atoms with Crippen LogP contribution in [0.1, 0.15) is 22.6 Å². The molecule has 2 aromatic heterocycles. The maximum Gasteiger partial charge on any atom is 0.269 e. The second-order valence-corrected chi connectivity index (χ2v) is 6.11. The highest BCUT2D eigenvalue weighted by Crippen LogP contribution is 2.27. The average Bonchev–Trinajstić information content (AvgIpc) is 3.21. The standard InChI is InChI=1S/C16H17N5O2S/c17-16-19-10(9-24-16)4-3-7-18-15(23)13-8-12(20-21-13)11-5-1-2-6-14(11)22/h1-2,5-6,8-9,22H,3-4,7H2,(H2,17,19)(H,18,23)(H,20,21). The molecular formula is C16H17N5O2S. The summed E-state index contributed by atoms with van der Waals surface area (Å²) >= 11 is 1.41. The first-order valence-corrected chi connectivity index (χ1v) is 8.33. The number of thiazole rings is 1. The molecule has 0 fully saturated rings. The number of amides is 1. The molecule has 0 bridgehead atoms. The van der Waals surface area contributed by atoms with E-state index >= 15 is 0 Å². The van der Waals surface area contributed by atoms with Crippen molar-refractivity contribution in [3.63, 3.8) is 0 Å². The molecule has 0 saturated carbocycles. The van der Waals surface area contributed by atoms with Gasteiger partial charge in [0.2, 0.25) is 0 Å². The van der Waals surface area contributed by atoms with Crippen LogP contribution >= 0.6 is 11.3 Å². The molecule has 0 atom stereocenters. The second-order valence-electron chi connectivity index (χ2n) is 5.22. The summed E-state index contributed by atoms with van der Waals surface area (Å²) in [5, 5.41) is 21.9. The number of H-pyrrole nitrogens is 1. The molecule has 3 rings (SSSR count). The monoisotopic (exact) mass is 343 g/mol. The number of phenolic OH excluding ortho intramolecular Hbond substituents is 1. The predicted molar refractivity (Wildman–Crippen MR) is 92.9 cm³/mol. The maximum atomic E-state index is 12.1. The van der Waals surface area contributed by atoms with Crippen LogP contribution in [0.3, 0.4) is 0 Å². The number of rotatable bonds is 6. The molecular weight excluding hydrogens is 326 g/mol. The predicted octanol–water partition coefficient (Wildman–Crippen LogP) is 2.18. The third-order valence-electron chi connectivity index (χ3n) is 3.47. The number of carbonyl (C=O) groups is 1. The van der Waals surface area contributed by atoms with Crippen molar-refractivity contribution in [3.8, 4) is 17.0 Å². The number of carbonyl (C=O) groups excluding carboxylic acids is 1. The summed E-state index contributed by atoms with van der Waals surface area (Å²) in [5.74, 6) is -0.111. The number of anilines is 1. The summed E-state index contributed by atoms with van der Waals surface area (Å²) in [5.41, 5.74) is 7.97. The third kappa shape index (κ3) is 3.72. The molecule has 124 valence electrons. The van der Waals surface area contributed by atoms with Crippen LogP contribution in [0, 0.1) is 0 Å². The van der Waals surface area contributed by atoms with E-state index in [1.54, 1.807) is 30.3 Å². The third-order valence-corrected chi connectivity index (χ3v) is 4.19. The molecule has 1 amide bonds. The smallest absolute Gasteiger partial charge is 0.269 e. The summed E-state index contributed by atoms with van der Waals surface area (Å²) in [4.78, 5) is 16.3. The SMILES string of the molecule is Nc1nc(CCCNC(=O)c2cc(-c3ccccc3O)n[nH]2)cs1. The van der Waals surface area contributed by atoms with Gasteiger partial charge in [-0.15, -0.1) is 11.3 Å². The highest BCUT2D eigenvalue weighted by molar-refractivity contribution is 7.13. The summed E-state index contributed by atoms with van der Waals surface area (Å²) in [6.45, 7) is 0.529. The summed E-state index contributed by atoms with van der Waals surface area (Å²) in [7, 11) is 0. The highest BCUT2D eigenvalue weighted by Gasteiger charge is 2.12. The van der Waals surface area contributed by atoms with Crippen LogP contribution in [0.15, 0.2) is 35.7 Å². The number of aromatic amines is 1. The Balaban J connectivity index is 1.53. The molecule has 3 aromatic rings. The van der Waals surface area contributed by atoms with E-state index in [4.69, 9.17) is 5.73 Å². The fourth-order valence-corrected chi connectivity index (χ4v) is 2.87. The minimum absolute atomic E-state index is 0.124. The lowest BCUT2D eigenvalue weighted by Gasteiger charge is -2.02. The van der Waals surface area contributed by atoms with Gasteiger partial charge in [0.25, 0.3) is 5.91 Å². The van der Waals surface area contributed by atoms with Gasteiger partial charge < -0.3 is 16.2 Å². The van der Waals surface area contributed by atoms with Crippen molar-refractivity contribution in [1.29, 1.82) is 0 Å². The molecule has 0 unspecified atom stereocenters. The minimum Gasteiger partial charge on any atom is -0.507 e. The molecule has 0 aliphatic carbocycles. The van der Waals surface area contributed by atoms with Crippen LogP contribution < -0.4 is 11.1 Å². The zero-order chi connectivity index (χ0) is 16.9. The number of hydrogen-bond acceptors (Lipinski definition) is 6. The van der Waals surface area contributed by atoms with E-state index in [1.807, 2.05) is 5.38 Å². The van der Waals surface area contributed by atoms with Gasteiger partial charge in [-0.2, -0.15) is 5.10 Å². The Morgan fingerprint density at radius 1 is 1.38 bits per heavy atom. The zero-order valence-electron chi connectivity index (χ0n) is 12.8. The van der Waals surface area contributed by atoms with Crippen LogP contribution in [0.5, 0.6) is 5.75 Å². The lowest BCUT2D eigenvalue weighted by atomic mass is 10.1. The Hall–Kier alpha value is -2.87. The van der Waals surface area contributed by atoms with Gasteiger partial charge in [-0.1, -0.05) is 12.1 Å². The Morgan fingerprint density at radius 2 is 2.21 bits per heavy atom. The van der Waals surface area contributed by atoms with Crippen molar-refractivity contribution < 1.29 is 9.90 Å². The maximum absolute atomic E-state index is 12.1. The fraction of sp³-hybridized carbons (Fsp3) is 0.188. The van der Waals surface area contributed by atoms with Crippen molar-refractivity contribution in [2.24, 2.45) is 0 Å². The van der Waals surface area contributed by atoms with E-state index in [0.29, 0.717) is 28.6 Å². The second kappa shape index (κ2) is 7.14. The van der Waals surface area contributed by atoms with E-state index < -0.39 is 0 Å². The lowest BCUT2D eigenvalue weighted by Crippen LogP contribution is -2.25. The number of aryl methyl sites for hydroxylation is 1. The molecule has 7 nitrogen and oxygen atoms in total. The first-order valence-electron chi connectivity index (χ1n) is 7.45. The Kier molecular flexibility index (Phi) is 4.76. The lowest BCUT2D eigenvalue weighted by molar-refractivity contribution is 0.0948. The van der Waals surface area contributed by atoms with Gasteiger partial charge in [-0.3, -0.25) is 9.89 Å². The molecule has 24 heavy (non-hydrogen) atoms. The molecule has 0 radical (unpaired) electrons. The molecule has 8 heteroatoms. The van der Waals surface area contributed by atoms with E-state index in [0.717, 1.165) is 18.5 Å². The number of para-hydroxylation sites is 1. The van der Waals surface area contributed by atoms with E-state index in [2.05, 4.69) is 20.5 Å². The highest BCUT2D eigenvalue weighted by atomic mass is 32.1. The van der Waals surface area contributed by atoms with Gasteiger partial charge >= 0.3 is 0 Å². The molecule has 1 aromatic carbocycles. The number of aromatic hydroxyl groups is 1. The topological polar surface area (TPSA) is 117 Å². The van der Waals surface area contributed by atoms with Gasteiger partial charge in [0.1, 0.15) is 11.4 Å². The van der Waals surface area contributed by atoms with Gasteiger partial charge in [-0.25, -0.2) is 4.98 Å². The Labute approximate surface area is 142 Å². The largest absolute Gasteiger partial charge is 0.507 e. The average molecular weight is 343 g/mol. The number of nitrogens with zero attached hydrogens (tertiary/aromatic N) is 2. The number of aromatic nitrogens is 3. The van der Waals surface area contributed by atoms with Crippen molar-refractivity contribution in [3.05, 3.63) is 47.1 Å². The van der Waals surface area contributed by atoms with Crippen molar-refractivity contribution in [2.75, 3.05) is 12.3 Å². The first-order chi connectivity index (χ1) is 11.6. The summed E-state index contributed by atoms with van der Waals surface area (Å²) in [6, 6.07) is 8.47. The molecule has 0 spiro atoms. The molecule has 0 aliphatic heterocycles. The molecule has 0 saturated heterocycles.